The van der Waals surface area contributed by atoms with Gasteiger partial charge in [-0.05, 0) is 5.56 Å². The third-order valence-corrected chi connectivity index (χ3v) is 2.19. The van der Waals surface area contributed by atoms with E-state index in [9.17, 15) is 22.8 Å². The summed E-state index contributed by atoms with van der Waals surface area (Å²) < 4.78 is 44.7. The first-order valence-electron chi connectivity index (χ1n) is 5.04. The molecule has 0 aromatic carbocycles. The molecule has 6 nitrogen and oxygen atoms in total. The fourth-order valence-corrected chi connectivity index (χ4v) is 1.41. The summed E-state index contributed by atoms with van der Waals surface area (Å²) in [7, 11) is 1.08. The van der Waals surface area contributed by atoms with Crippen LogP contribution in [0.25, 0.3) is 0 Å². The van der Waals surface area contributed by atoms with Crippen molar-refractivity contribution in [2.24, 2.45) is 5.73 Å². The molecule has 1 aromatic heterocycles. The Bertz CT molecular complexity index is 524. The zero-order valence-electron chi connectivity index (χ0n) is 9.84. The van der Waals surface area contributed by atoms with E-state index in [1.807, 2.05) is 4.98 Å². The second kappa shape index (κ2) is 5.74. The Balaban J connectivity index is 3.29. The number of carbonyl (C=O) groups excluding carboxylic acids is 1. The molecule has 0 radical (unpaired) electrons. The van der Waals surface area contributed by atoms with E-state index in [0.29, 0.717) is 0 Å². The van der Waals surface area contributed by atoms with Gasteiger partial charge < -0.3 is 15.2 Å². The van der Waals surface area contributed by atoms with Crippen molar-refractivity contribution >= 4 is 5.97 Å². The lowest BCUT2D eigenvalue weighted by Crippen LogP contribution is -2.24. The maximum atomic E-state index is 12.2. The average molecular weight is 280 g/mol. The number of esters is 1. The standard InChI is InChI=1S/C10H11F3N2O4/c1-18-8(17)3-6-5(4-14)2-7(16)15-9(6)19-10(11,12)13/h2H,3-4,14H2,1H3,(H,15,16). The molecule has 0 amide bonds. The smallest absolute Gasteiger partial charge is 0.469 e. The van der Waals surface area contributed by atoms with Crippen molar-refractivity contribution < 1.29 is 27.4 Å². The number of rotatable bonds is 4. The highest BCUT2D eigenvalue weighted by Gasteiger charge is 2.33. The van der Waals surface area contributed by atoms with Crippen LogP contribution >= 0.6 is 0 Å². The number of methoxy groups -OCH3 is 1. The van der Waals surface area contributed by atoms with Gasteiger partial charge in [-0.2, -0.15) is 0 Å². The van der Waals surface area contributed by atoms with Crippen LogP contribution < -0.4 is 16.0 Å². The molecule has 0 atom stereocenters. The Labute approximate surface area is 105 Å². The van der Waals surface area contributed by atoms with Gasteiger partial charge in [-0.15, -0.1) is 13.2 Å². The van der Waals surface area contributed by atoms with Crippen LogP contribution in [0.15, 0.2) is 10.9 Å². The summed E-state index contributed by atoms with van der Waals surface area (Å²) in [5, 5.41) is 0. The minimum atomic E-state index is -5.00. The second-order valence-electron chi connectivity index (χ2n) is 3.47. The highest BCUT2D eigenvalue weighted by atomic mass is 19.4. The molecule has 0 fully saturated rings. The third kappa shape index (κ3) is 4.28. The zero-order valence-corrected chi connectivity index (χ0v) is 9.84. The van der Waals surface area contributed by atoms with Crippen molar-refractivity contribution in [3.63, 3.8) is 0 Å². The average Bonchev–Trinajstić information content (AvgIpc) is 2.29. The van der Waals surface area contributed by atoms with Gasteiger partial charge in [-0.1, -0.05) is 0 Å². The van der Waals surface area contributed by atoms with Gasteiger partial charge in [0, 0.05) is 18.2 Å². The second-order valence-corrected chi connectivity index (χ2v) is 3.47. The molecule has 0 bridgehead atoms. The SMILES string of the molecule is COC(=O)Cc1c(CN)cc(=O)[nH]c1OC(F)(F)F. The third-order valence-electron chi connectivity index (χ3n) is 2.19. The molecule has 0 aliphatic heterocycles. The summed E-state index contributed by atoms with van der Waals surface area (Å²) in [5.74, 6) is -1.64. The van der Waals surface area contributed by atoms with Gasteiger partial charge in [0.15, 0.2) is 0 Å². The molecule has 1 aromatic rings. The van der Waals surface area contributed by atoms with Crippen molar-refractivity contribution in [3.05, 3.63) is 27.5 Å². The first kappa shape index (κ1) is 15.0. The molecule has 0 spiro atoms. The quantitative estimate of drug-likeness (QED) is 0.781. The molecule has 3 N–H and O–H groups in total. The Morgan fingerprint density at radius 3 is 2.58 bits per heavy atom. The Morgan fingerprint density at radius 1 is 1.47 bits per heavy atom. The molecule has 106 valence electrons. The van der Waals surface area contributed by atoms with Gasteiger partial charge in [-0.25, -0.2) is 0 Å². The number of hydrogen-bond acceptors (Lipinski definition) is 5. The Kier molecular flexibility index (Phi) is 4.54. The van der Waals surface area contributed by atoms with Gasteiger partial charge in [0.2, 0.25) is 5.88 Å². The molecule has 0 saturated carbocycles. The van der Waals surface area contributed by atoms with Gasteiger partial charge in [0.25, 0.3) is 5.56 Å². The van der Waals surface area contributed by atoms with Crippen molar-refractivity contribution in [3.8, 4) is 5.88 Å². The summed E-state index contributed by atoms with van der Waals surface area (Å²) in [6, 6.07) is 1.00. The van der Waals surface area contributed by atoms with E-state index in [0.717, 1.165) is 13.2 Å². The first-order valence-corrected chi connectivity index (χ1v) is 5.04. The Morgan fingerprint density at radius 2 is 2.11 bits per heavy atom. The fourth-order valence-electron chi connectivity index (χ4n) is 1.41. The lowest BCUT2D eigenvalue weighted by Gasteiger charge is -2.14. The summed E-state index contributed by atoms with van der Waals surface area (Å²) in [4.78, 5) is 24.2. The van der Waals surface area contributed by atoms with Crippen LogP contribution in [0.5, 0.6) is 5.88 Å². The topological polar surface area (TPSA) is 94.4 Å². The van der Waals surface area contributed by atoms with E-state index >= 15 is 0 Å². The maximum absolute atomic E-state index is 12.2. The molecular weight excluding hydrogens is 269 g/mol. The number of carbonyl (C=O) groups is 1. The van der Waals surface area contributed by atoms with Gasteiger partial charge >= 0.3 is 12.3 Å². The molecule has 1 heterocycles. The van der Waals surface area contributed by atoms with E-state index in [-0.39, 0.29) is 17.7 Å². The summed E-state index contributed by atoms with van der Waals surface area (Å²) in [5.41, 5.74) is 4.43. The van der Waals surface area contributed by atoms with E-state index in [1.54, 1.807) is 0 Å². The predicted molar refractivity (Wildman–Crippen MR) is 57.4 cm³/mol. The molecule has 0 aliphatic rings. The minimum absolute atomic E-state index is 0.0772. The van der Waals surface area contributed by atoms with Crippen LogP contribution in [0.2, 0.25) is 0 Å². The molecule has 9 heteroatoms. The van der Waals surface area contributed by atoms with E-state index in [4.69, 9.17) is 5.73 Å². The van der Waals surface area contributed by atoms with Crippen molar-refractivity contribution in [2.75, 3.05) is 7.11 Å². The van der Waals surface area contributed by atoms with E-state index in [2.05, 4.69) is 9.47 Å². The van der Waals surface area contributed by atoms with Crippen LogP contribution in [0, 0.1) is 0 Å². The number of ether oxygens (including phenoxy) is 2. The molecule has 0 unspecified atom stereocenters. The van der Waals surface area contributed by atoms with E-state index < -0.39 is 30.2 Å². The molecule has 1 rings (SSSR count). The van der Waals surface area contributed by atoms with Gasteiger partial charge in [0.1, 0.15) is 0 Å². The normalized spacial score (nSPS) is 11.2. The largest absolute Gasteiger partial charge is 0.574 e. The number of nitrogens with two attached hydrogens (primary N) is 1. The monoisotopic (exact) mass is 280 g/mol. The van der Waals surface area contributed by atoms with Crippen LogP contribution in [0.4, 0.5) is 13.2 Å². The number of aromatic amines is 1. The number of aromatic nitrogens is 1. The number of hydrogen-bond donors (Lipinski definition) is 2. The summed E-state index contributed by atoms with van der Waals surface area (Å²) in [6.45, 7) is -0.218. The summed E-state index contributed by atoms with van der Waals surface area (Å²) >= 11 is 0. The van der Waals surface area contributed by atoms with Crippen molar-refractivity contribution in [1.29, 1.82) is 0 Å². The molecular formula is C10H11F3N2O4. The lowest BCUT2D eigenvalue weighted by molar-refractivity contribution is -0.276. The predicted octanol–water partition coefficient (Wildman–Crippen LogP) is 0.448. The highest BCUT2D eigenvalue weighted by molar-refractivity contribution is 5.73. The minimum Gasteiger partial charge on any atom is -0.469 e. The number of halogens is 3. The summed E-state index contributed by atoms with van der Waals surface area (Å²) in [6.07, 6.45) is -5.49. The van der Waals surface area contributed by atoms with Crippen LogP contribution in [-0.4, -0.2) is 24.4 Å². The van der Waals surface area contributed by atoms with Gasteiger partial charge in [0.05, 0.1) is 13.5 Å². The molecule has 0 aliphatic carbocycles. The highest BCUT2D eigenvalue weighted by Crippen LogP contribution is 2.25. The van der Waals surface area contributed by atoms with Gasteiger partial charge in [-0.3, -0.25) is 14.6 Å². The first-order chi connectivity index (χ1) is 8.76. The van der Waals surface area contributed by atoms with Crippen LogP contribution in [0.3, 0.4) is 0 Å². The number of H-pyrrole nitrogens is 1. The number of nitrogens with one attached hydrogen (secondary N) is 1. The number of pyridine rings is 1. The lowest BCUT2D eigenvalue weighted by atomic mass is 10.1. The Hall–Kier alpha value is -2.03. The van der Waals surface area contributed by atoms with Crippen molar-refractivity contribution in [2.45, 2.75) is 19.3 Å². The molecule has 19 heavy (non-hydrogen) atoms. The van der Waals surface area contributed by atoms with Crippen molar-refractivity contribution in [1.82, 2.24) is 4.98 Å². The molecule has 0 saturated heterocycles. The number of alkyl halides is 3. The zero-order chi connectivity index (χ0) is 14.6. The van der Waals surface area contributed by atoms with Crippen LogP contribution in [0.1, 0.15) is 11.1 Å². The van der Waals surface area contributed by atoms with E-state index in [1.165, 1.54) is 0 Å². The fraction of sp³-hybridized carbons (Fsp3) is 0.400. The van der Waals surface area contributed by atoms with Crippen LogP contribution in [-0.2, 0) is 22.5 Å². The maximum Gasteiger partial charge on any atom is 0.574 e.